The largest absolute Gasteiger partial charge is 0.399 e. The molecule has 2 rings (SSSR count). The van der Waals surface area contributed by atoms with Gasteiger partial charge in [0, 0.05) is 11.7 Å². The molecule has 0 aromatic carbocycles. The van der Waals surface area contributed by atoms with Gasteiger partial charge in [0.25, 0.3) is 0 Å². The highest BCUT2D eigenvalue weighted by molar-refractivity contribution is 7.99. The van der Waals surface area contributed by atoms with Gasteiger partial charge in [-0.1, -0.05) is 11.6 Å². The van der Waals surface area contributed by atoms with Crippen molar-refractivity contribution in [3.63, 3.8) is 0 Å². The number of nitrogens with one attached hydrogen (secondary N) is 1. The first-order valence-electron chi connectivity index (χ1n) is 5.25. The highest BCUT2D eigenvalue weighted by atomic mass is 35.5. The van der Waals surface area contributed by atoms with Crippen LogP contribution in [0.25, 0.3) is 0 Å². The number of H-pyrrole nitrogens is 1. The van der Waals surface area contributed by atoms with Crippen molar-refractivity contribution in [1.29, 1.82) is 0 Å². The van der Waals surface area contributed by atoms with E-state index in [0.717, 1.165) is 0 Å². The monoisotopic (exact) mass is 285 g/mol. The lowest BCUT2D eigenvalue weighted by Gasteiger charge is -2.08. The highest BCUT2D eigenvalue weighted by Crippen LogP contribution is 2.27. The van der Waals surface area contributed by atoms with E-state index in [0.29, 0.717) is 21.0 Å². The van der Waals surface area contributed by atoms with E-state index < -0.39 is 0 Å². The third kappa shape index (κ3) is 2.68. The Kier molecular flexibility index (Phi) is 3.63. The van der Waals surface area contributed by atoms with Gasteiger partial charge in [0.2, 0.25) is 0 Å². The van der Waals surface area contributed by atoms with Crippen molar-refractivity contribution < 1.29 is 0 Å². The molecule has 0 spiro atoms. The molecule has 2 heterocycles. The zero-order valence-electron chi connectivity index (χ0n) is 9.85. The molecule has 96 valence electrons. The number of halogens is 1. The van der Waals surface area contributed by atoms with Gasteiger partial charge in [-0.3, -0.25) is 4.57 Å². The topological polar surface area (TPSA) is 89.6 Å². The second kappa shape index (κ2) is 5.03. The molecule has 6 nitrogen and oxygen atoms in total. The predicted molar refractivity (Wildman–Crippen MR) is 71.0 cm³/mol. The number of pyridine rings is 1. The van der Waals surface area contributed by atoms with Gasteiger partial charge in [-0.2, -0.15) is 0 Å². The van der Waals surface area contributed by atoms with Crippen molar-refractivity contribution in [2.75, 3.05) is 5.73 Å². The maximum absolute atomic E-state index is 11.6. The van der Waals surface area contributed by atoms with Crippen molar-refractivity contribution in [2.24, 2.45) is 0 Å². The first-order chi connectivity index (χ1) is 8.47. The molecule has 8 heteroatoms. The number of hydrogen-bond donors (Lipinski definition) is 2. The molecule has 0 bridgehead atoms. The lowest BCUT2D eigenvalue weighted by Crippen LogP contribution is -2.19. The van der Waals surface area contributed by atoms with E-state index in [4.69, 9.17) is 17.3 Å². The Morgan fingerprint density at radius 1 is 1.50 bits per heavy atom. The van der Waals surface area contributed by atoms with Crippen molar-refractivity contribution in [1.82, 2.24) is 19.7 Å². The van der Waals surface area contributed by atoms with Gasteiger partial charge in [0.15, 0.2) is 5.16 Å². The smallest absolute Gasteiger partial charge is 0.344 e. The van der Waals surface area contributed by atoms with Crippen LogP contribution in [0.4, 0.5) is 5.69 Å². The van der Waals surface area contributed by atoms with Crippen LogP contribution in [-0.4, -0.2) is 19.7 Å². The standard InChI is InChI=1S/C10H12ClN5OS/c1-5(2)16-9(17)14-15-10(16)18-8-4-6(12)3-7(11)13-8/h3-5H,1-2H3,(H2,12,13)(H,14,17). The summed E-state index contributed by atoms with van der Waals surface area (Å²) in [4.78, 5) is 15.7. The fraction of sp³-hybridized carbons (Fsp3) is 0.300. The number of nitrogen functional groups attached to an aromatic ring is 1. The average molecular weight is 286 g/mol. The minimum absolute atomic E-state index is 0.00952. The summed E-state index contributed by atoms with van der Waals surface area (Å²) in [6.45, 7) is 3.81. The summed E-state index contributed by atoms with van der Waals surface area (Å²) in [6.07, 6.45) is 0. The Labute approximate surface area is 113 Å². The van der Waals surface area contributed by atoms with Crippen molar-refractivity contribution in [2.45, 2.75) is 30.1 Å². The SMILES string of the molecule is CC(C)n1c(Sc2cc(N)cc(Cl)n2)n[nH]c1=O. The summed E-state index contributed by atoms with van der Waals surface area (Å²) in [7, 11) is 0. The molecule has 0 amide bonds. The lowest BCUT2D eigenvalue weighted by atomic mass is 10.4. The van der Waals surface area contributed by atoms with E-state index in [9.17, 15) is 4.79 Å². The number of nitrogens with two attached hydrogens (primary N) is 1. The molecule has 0 aliphatic rings. The second-order valence-electron chi connectivity index (χ2n) is 3.94. The van der Waals surface area contributed by atoms with E-state index in [1.54, 1.807) is 16.7 Å². The molecule has 0 radical (unpaired) electrons. The molecule has 18 heavy (non-hydrogen) atoms. The molecule has 3 N–H and O–H groups in total. The molecular formula is C10H12ClN5OS. The first-order valence-corrected chi connectivity index (χ1v) is 6.44. The minimum Gasteiger partial charge on any atom is -0.399 e. The second-order valence-corrected chi connectivity index (χ2v) is 5.31. The number of nitrogens with zero attached hydrogens (tertiary/aromatic N) is 3. The number of hydrogen-bond acceptors (Lipinski definition) is 5. The van der Waals surface area contributed by atoms with Crippen LogP contribution in [0.2, 0.25) is 5.15 Å². The van der Waals surface area contributed by atoms with Crippen LogP contribution in [0.5, 0.6) is 0 Å². The predicted octanol–water partition coefficient (Wildman–Crippen LogP) is 1.93. The summed E-state index contributed by atoms with van der Waals surface area (Å²) in [5.41, 5.74) is 5.95. The Morgan fingerprint density at radius 3 is 2.83 bits per heavy atom. The summed E-state index contributed by atoms with van der Waals surface area (Å²) < 4.78 is 1.55. The third-order valence-corrected chi connectivity index (χ3v) is 3.26. The average Bonchev–Trinajstić information content (AvgIpc) is 2.57. The highest BCUT2D eigenvalue weighted by Gasteiger charge is 2.13. The summed E-state index contributed by atoms with van der Waals surface area (Å²) >= 11 is 7.06. The maximum Gasteiger partial charge on any atom is 0.344 e. The third-order valence-electron chi connectivity index (χ3n) is 2.18. The van der Waals surface area contributed by atoms with Gasteiger partial charge >= 0.3 is 5.69 Å². The van der Waals surface area contributed by atoms with Crippen LogP contribution >= 0.6 is 23.4 Å². The normalized spacial score (nSPS) is 11.1. The van der Waals surface area contributed by atoms with Crippen LogP contribution in [0.15, 0.2) is 27.1 Å². The summed E-state index contributed by atoms with van der Waals surface area (Å²) in [5.74, 6) is 0. The van der Waals surface area contributed by atoms with Crippen LogP contribution in [-0.2, 0) is 0 Å². The maximum atomic E-state index is 11.6. The van der Waals surface area contributed by atoms with E-state index in [1.165, 1.54) is 11.8 Å². The minimum atomic E-state index is -0.248. The zero-order chi connectivity index (χ0) is 13.3. The number of anilines is 1. The zero-order valence-corrected chi connectivity index (χ0v) is 11.4. The number of rotatable bonds is 3. The molecule has 2 aromatic rings. The molecule has 0 saturated heterocycles. The van der Waals surface area contributed by atoms with Crippen LogP contribution in [0.3, 0.4) is 0 Å². The Morgan fingerprint density at radius 2 is 2.22 bits per heavy atom. The van der Waals surface area contributed by atoms with Gasteiger partial charge in [-0.25, -0.2) is 14.9 Å². The van der Waals surface area contributed by atoms with E-state index in [-0.39, 0.29) is 11.7 Å². The van der Waals surface area contributed by atoms with E-state index in [1.807, 2.05) is 13.8 Å². The van der Waals surface area contributed by atoms with Gasteiger partial charge in [0.05, 0.1) is 0 Å². The summed E-state index contributed by atoms with van der Waals surface area (Å²) in [6, 6.07) is 3.25. The summed E-state index contributed by atoms with van der Waals surface area (Å²) in [5, 5.41) is 7.81. The molecule has 0 atom stereocenters. The molecule has 0 fully saturated rings. The van der Waals surface area contributed by atoms with Gasteiger partial charge in [0.1, 0.15) is 10.2 Å². The molecule has 0 saturated carbocycles. The van der Waals surface area contributed by atoms with E-state index >= 15 is 0 Å². The fourth-order valence-corrected chi connectivity index (χ4v) is 2.73. The molecule has 0 unspecified atom stereocenters. The molecule has 2 aromatic heterocycles. The van der Waals surface area contributed by atoms with Gasteiger partial charge in [-0.05, 0) is 37.7 Å². The van der Waals surface area contributed by atoms with Crippen molar-refractivity contribution in [3.8, 4) is 0 Å². The Balaban J connectivity index is 2.37. The lowest BCUT2D eigenvalue weighted by molar-refractivity contribution is 0.534. The first kappa shape index (κ1) is 13.0. The van der Waals surface area contributed by atoms with Crippen LogP contribution < -0.4 is 11.4 Å². The Bertz CT molecular complexity index is 601. The van der Waals surface area contributed by atoms with Gasteiger partial charge in [-0.15, -0.1) is 5.10 Å². The van der Waals surface area contributed by atoms with Crippen molar-refractivity contribution in [3.05, 3.63) is 27.8 Å². The molecular weight excluding hydrogens is 274 g/mol. The van der Waals surface area contributed by atoms with Gasteiger partial charge < -0.3 is 5.73 Å². The molecule has 0 aliphatic heterocycles. The number of aromatic amines is 1. The Hall–Kier alpha value is -1.47. The van der Waals surface area contributed by atoms with Crippen LogP contribution in [0, 0.1) is 0 Å². The van der Waals surface area contributed by atoms with Crippen molar-refractivity contribution >= 4 is 29.1 Å². The quantitative estimate of drug-likeness (QED) is 0.841. The van der Waals surface area contributed by atoms with Crippen LogP contribution in [0.1, 0.15) is 19.9 Å². The molecule has 0 aliphatic carbocycles. The van der Waals surface area contributed by atoms with E-state index in [2.05, 4.69) is 15.2 Å². The number of aromatic nitrogens is 4. The fourth-order valence-electron chi connectivity index (χ4n) is 1.46.